The van der Waals surface area contributed by atoms with Gasteiger partial charge in [-0.1, -0.05) is 178 Å². The molecule has 0 spiro atoms. The summed E-state index contributed by atoms with van der Waals surface area (Å²) in [5.41, 5.74) is 0. The fourth-order valence-electron chi connectivity index (χ4n) is 7.88. The van der Waals surface area contributed by atoms with Crippen molar-refractivity contribution in [2.45, 2.75) is 262 Å². The van der Waals surface area contributed by atoms with E-state index in [4.69, 9.17) is 18.5 Å². The highest BCUT2D eigenvalue weighted by molar-refractivity contribution is 7.47. The number of unbranched alkanes of at least 4 members (excludes halogenated alkanes) is 24. The van der Waals surface area contributed by atoms with Gasteiger partial charge in [0.15, 0.2) is 6.10 Å². The van der Waals surface area contributed by atoms with Gasteiger partial charge < -0.3 is 39.9 Å². The van der Waals surface area contributed by atoms with Gasteiger partial charge in [0.1, 0.15) is 43.2 Å². The van der Waals surface area contributed by atoms with Crippen LogP contribution in [0.3, 0.4) is 0 Å². The Labute approximate surface area is 405 Å². The maximum absolute atomic E-state index is 12.9. The zero-order valence-electron chi connectivity index (χ0n) is 41.7. The lowest BCUT2D eigenvalue weighted by Gasteiger charge is -2.41. The van der Waals surface area contributed by atoms with Crippen molar-refractivity contribution >= 4 is 19.8 Å². The van der Waals surface area contributed by atoms with Crippen molar-refractivity contribution in [1.82, 2.24) is 0 Å². The van der Waals surface area contributed by atoms with E-state index in [1.165, 1.54) is 103 Å². The Hall–Kier alpha value is -2.19. The molecule has 1 fully saturated rings. The van der Waals surface area contributed by atoms with Crippen LogP contribution in [0.4, 0.5) is 0 Å². The maximum atomic E-state index is 12.9. The smallest absolute Gasteiger partial charge is 0.462 e. The molecule has 0 aliphatic heterocycles. The Morgan fingerprint density at radius 1 is 0.463 bits per heavy atom. The van der Waals surface area contributed by atoms with E-state index >= 15 is 0 Å². The zero-order chi connectivity index (χ0) is 49.2. The molecule has 0 bridgehead atoms. The topological polar surface area (TPSA) is 210 Å². The van der Waals surface area contributed by atoms with Crippen molar-refractivity contribution in [3.8, 4) is 0 Å². The molecule has 0 radical (unpaired) electrons. The van der Waals surface area contributed by atoms with E-state index in [1.807, 2.05) is 0 Å². The van der Waals surface area contributed by atoms with Crippen LogP contribution in [0.1, 0.15) is 219 Å². The van der Waals surface area contributed by atoms with Crippen molar-refractivity contribution in [3.05, 3.63) is 48.6 Å². The lowest BCUT2D eigenvalue weighted by Crippen LogP contribution is -2.64. The number of esters is 2. The molecule has 6 N–H and O–H groups in total. The Bertz CT molecular complexity index is 1350. The fourth-order valence-corrected chi connectivity index (χ4v) is 8.85. The van der Waals surface area contributed by atoms with E-state index in [2.05, 4.69) is 62.5 Å². The van der Waals surface area contributed by atoms with Gasteiger partial charge in [0.05, 0.1) is 6.61 Å². The van der Waals surface area contributed by atoms with E-state index < -0.39 is 75.7 Å². The number of hydrogen-bond acceptors (Lipinski definition) is 12. The Morgan fingerprint density at radius 3 is 1.21 bits per heavy atom. The summed E-state index contributed by atoms with van der Waals surface area (Å²) in [4.78, 5) is 35.9. The van der Waals surface area contributed by atoms with Crippen molar-refractivity contribution in [2.24, 2.45) is 0 Å². The number of phosphoric acid groups is 1. The number of allylic oxidation sites excluding steroid dienone is 8. The first kappa shape index (κ1) is 62.8. The normalized spacial score (nSPS) is 21.5. The molecule has 0 aromatic rings. The Kier molecular flexibility index (Phi) is 40.0. The van der Waals surface area contributed by atoms with E-state index in [-0.39, 0.29) is 12.8 Å². The van der Waals surface area contributed by atoms with E-state index in [0.29, 0.717) is 12.8 Å². The van der Waals surface area contributed by atoms with Crippen LogP contribution in [0.2, 0.25) is 0 Å². The largest absolute Gasteiger partial charge is 0.472 e. The van der Waals surface area contributed by atoms with Crippen LogP contribution >= 0.6 is 7.82 Å². The second-order valence-electron chi connectivity index (χ2n) is 18.4. The SMILES string of the molecule is CCCCC/C=C/C/C=C/CCCCCCCCCCCC(=O)OC[C@@H](COP(=O)(O)OC1C(O)C(O)C(O)[C@H](O)C1O)OC(=O)CCCCCCCCCCC/C=C/C/C=C/CCCCC. The Balaban J connectivity index is 2.39. The van der Waals surface area contributed by atoms with Crippen LogP contribution in [0.25, 0.3) is 0 Å². The summed E-state index contributed by atoms with van der Waals surface area (Å²) in [5, 5.41) is 50.3. The van der Waals surface area contributed by atoms with Gasteiger partial charge in [-0.25, -0.2) is 4.57 Å². The molecule has 1 saturated carbocycles. The van der Waals surface area contributed by atoms with Gasteiger partial charge in [0.2, 0.25) is 0 Å². The lowest BCUT2D eigenvalue weighted by molar-refractivity contribution is -0.220. The predicted octanol–water partition coefficient (Wildman–Crippen LogP) is 11.5. The first-order chi connectivity index (χ1) is 32.4. The van der Waals surface area contributed by atoms with Crippen LogP contribution < -0.4 is 0 Å². The molecule has 390 valence electrons. The minimum Gasteiger partial charge on any atom is -0.462 e. The van der Waals surface area contributed by atoms with Crippen LogP contribution in [0.15, 0.2) is 48.6 Å². The summed E-state index contributed by atoms with van der Waals surface area (Å²) in [6.07, 6.45) is 38.6. The van der Waals surface area contributed by atoms with Crippen molar-refractivity contribution < 1.29 is 63.1 Å². The second kappa shape index (κ2) is 42.7. The molecule has 1 aliphatic carbocycles. The second-order valence-corrected chi connectivity index (χ2v) is 19.8. The number of phosphoric ester groups is 1. The van der Waals surface area contributed by atoms with E-state index in [0.717, 1.165) is 77.0 Å². The molecule has 0 saturated heterocycles. The summed E-state index contributed by atoms with van der Waals surface area (Å²) >= 11 is 0. The summed E-state index contributed by atoms with van der Waals surface area (Å²) in [7, 11) is -5.13. The molecule has 14 heteroatoms. The number of carbonyl (C=O) groups excluding carboxylic acids is 2. The monoisotopic (exact) mass is 971 g/mol. The van der Waals surface area contributed by atoms with Gasteiger partial charge in [0, 0.05) is 12.8 Å². The van der Waals surface area contributed by atoms with E-state index in [9.17, 15) is 44.6 Å². The first-order valence-corrected chi connectivity index (χ1v) is 27.9. The fraction of sp³-hybridized carbons (Fsp3) is 0.811. The van der Waals surface area contributed by atoms with Crippen molar-refractivity contribution in [1.29, 1.82) is 0 Å². The lowest BCUT2D eigenvalue weighted by atomic mass is 9.85. The average Bonchev–Trinajstić information content (AvgIpc) is 3.31. The number of hydrogen-bond donors (Lipinski definition) is 6. The summed E-state index contributed by atoms with van der Waals surface area (Å²) in [6.45, 7) is 3.27. The maximum Gasteiger partial charge on any atom is 0.472 e. The average molecular weight is 971 g/mol. The minimum absolute atomic E-state index is 0.0904. The molecule has 0 heterocycles. The zero-order valence-corrected chi connectivity index (χ0v) is 42.6. The summed E-state index contributed by atoms with van der Waals surface area (Å²) in [6, 6.07) is 0. The highest BCUT2D eigenvalue weighted by atomic mass is 31.2. The van der Waals surface area contributed by atoms with Crippen molar-refractivity contribution in [3.63, 3.8) is 0 Å². The number of aliphatic hydroxyl groups is 5. The van der Waals surface area contributed by atoms with Gasteiger partial charge in [-0.3, -0.25) is 18.6 Å². The molecule has 0 amide bonds. The molecule has 1 rings (SSSR count). The van der Waals surface area contributed by atoms with Crippen LogP contribution in [0.5, 0.6) is 0 Å². The highest BCUT2D eigenvalue weighted by Gasteiger charge is 2.51. The summed E-state index contributed by atoms with van der Waals surface area (Å²) < 4.78 is 33.7. The highest BCUT2D eigenvalue weighted by Crippen LogP contribution is 2.47. The molecule has 0 aromatic carbocycles. The third-order valence-electron chi connectivity index (χ3n) is 12.1. The number of rotatable bonds is 44. The number of ether oxygens (including phenoxy) is 2. The minimum atomic E-state index is -5.13. The van der Waals surface area contributed by atoms with Gasteiger partial charge in [-0.15, -0.1) is 0 Å². The number of carbonyl (C=O) groups is 2. The number of aliphatic hydroxyl groups excluding tert-OH is 5. The third-order valence-corrected chi connectivity index (χ3v) is 13.1. The Morgan fingerprint density at radius 2 is 0.806 bits per heavy atom. The van der Waals surface area contributed by atoms with Gasteiger partial charge in [-0.2, -0.15) is 0 Å². The molecular weight excluding hydrogens is 876 g/mol. The molecule has 6 unspecified atom stereocenters. The summed E-state index contributed by atoms with van der Waals surface area (Å²) in [5.74, 6) is -1.10. The standard InChI is InChI=1S/C53H95O13P/c1-3-5-7-9-11-13-15-17-19-21-23-25-27-29-31-33-35-37-39-41-46(54)63-43-45(44-64-67(61,62)66-53-51(59)49(57)48(56)50(58)52(53)60)65-47(55)42-40-38-36-34-32-30-28-26-24-22-20-18-16-14-12-10-8-6-4-2/h11-14,17-20,45,48-53,56-60H,3-10,15-16,21-44H2,1-2H3,(H,61,62)/b13-11+,14-12+,19-17+,20-18+/t45-,48?,49-,50?,51?,52?,53?/m0/s1. The molecule has 1 aliphatic rings. The van der Waals surface area contributed by atoms with Crippen LogP contribution in [0, 0.1) is 0 Å². The molecule has 8 atom stereocenters. The van der Waals surface area contributed by atoms with Crippen molar-refractivity contribution in [2.75, 3.05) is 13.2 Å². The molecule has 0 aromatic heterocycles. The van der Waals surface area contributed by atoms with Gasteiger partial charge >= 0.3 is 19.8 Å². The van der Waals surface area contributed by atoms with Crippen LogP contribution in [-0.4, -0.2) is 98.3 Å². The molecule has 13 nitrogen and oxygen atoms in total. The van der Waals surface area contributed by atoms with E-state index in [1.54, 1.807) is 0 Å². The first-order valence-electron chi connectivity index (χ1n) is 26.4. The van der Waals surface area contributed by atoms with Gasteiger partial charge in [0.25, 0.3) is 0 Å². The molecular formula is C53H95O13P. The predicted molar refractivity (Wildman–Crippen MR) is 267 cm³/mol. The molecule has 67 heavy (non-hydrogen) atoms. The van der Waals surface area contributed by atoms with Gasteiger partial charge in [-0.05, 0) is 77.0 Å². The van der Waals surface area contributed by atoms with Crippen LogP contribution in [-0.2, 0) is 32.7 Å². The quantitative estimate of drug-likeness (QED) is 0.0145. The third kappa shape index (κ3) is 34.7.